The third-order valence-corrected chi connectivity index (χ3v) is 8.27. The van der Waals surface area contributed by atoms with Gasteiger partial charge in [-0.2, -0.15) is 0 Å². The smallest absolute Gasteiger partial charge is 0.338 e. The average molecular weight is 427 g/mol. The molecule has 0 aromatic heterocycles. The van der Waals surface area contributed by atoms with Crippen molar-refractivity contribution in [1.29, 1.82) is 0 Å². The summed E-state index contributed by atoms with van der Waals surface area (Å²) in [6, 6.07) is 10.7. The number of esters is 1. The molecular formula is C28H42O3. The van der Waals surface area contributed by atoms with Crippen LogP contribution in [0.4, 0.5) is 0 Å². The highest BCUT2D eigenvalue weighted by Crippen LogP contribution is 2.60. The molecule has 4 atom stereocenters. The van der Waals surface area contributed by atoms with E-state index < -0.39 is 0 Å². The minimum absolute atomic E-state index is 0.0384. The van der Waals surface area contributed by atoms with Gasteiger partial charge in [-0.25, -0.2) is 4.79 Å². The third-order valence-electron chi connectivity index (χ3n) is 8.27. The Kier molecular flexibility index (Phi) is 5.60. The summed E-state index contributed by atoms with van der Waals surface area (Å²) >= 11 is 0. The van der Waals surface area contributed by atoms with E-state index in [1.807, 2.05) is 0 Å². The normalized spacial score (nSPS) is 33.6. The standard InChI is InChI=1S/C28H42O3/c1-19-13-14-21(27(6,7)20-11-9-8-10-12-20)22(15-19)30-24(29)23-28(31-23)17-25(2,3)16-26(4,5)18-28/h8-12,19,21-23H,13-18H2,1-7H3/t19-,21-,22-,23+/m1/s1. The van der Waals surface area contributed by atoms with Gasteiger partial charge in [0.25, 0.3) is 0 Å². The van der Waals surface area contributed by atoms with Gasteiger partial charge in [-0.15, -0.1) is 0 Å². The molecule has 4 rings (SSSR count). The Labute approximate surface area is 189 Å². The van der Waals surface area contributed by atoms with Gasteiger partial charge in [-0.1, -0.05) is 85.2 Å². The molecule has 0 unspecified atom stereocenters. The Bertz CT molecular complexity index is 791. The number of carbonyl (C=O) groups is 1. The molecule has 172 valence electrons. The van der Waals surface area contributed by atoms with Crippen molar-refractivity contribution in [2.24, 2.45) is 22.7 Å². The lowest BCUT2D eigenvalue weighted by atomic mass is 9.60. The minimum Gasteiger partial charge on any atom is -0.460 e. The predicted molar refractivity (Wildman–Crippen MR) is 125 cm³/mol. The van der Waals surface area contributed by atoms with E-state index in [4.69, 9.17) is 9.47 Å². The van der Waals surface area contributed by atoms with Crippen molar-refractivity contribution >= 4 is 5.97 Å². The fourth-order valence-electron chi connectivity index (χ4n) is 7.41. The van der Waals surface area contributed by atoms with Crippen molar-refractivity contribution in [1.82, 2.24) is 0 Å². The zero-order valence-corrected chi connectivity index (χ0v) is 20.7. The van der Waals surface area contributed by atoms with Crippen LogP contribution in [0.15, 0.2) is 30.3 Å². The second-order valence-electron chi connectivity index (χ2n) is 13.0. The van der Waals surface area contributed by atoms with Crippen LogP contribution in [0, 0.1) is 22.7 Å². The molecule has 3 aliphatic rings. The predicted octanol–water partition coefficient (Wildman–Crippen LogP) is 6.69. The second kappa shape index (κ2) is 7.61. The molecule has 1 aromatic rings. The monoisotopic (exact) mass is 426 g/mol. The molecule has 0 bridgehead atoms. The fraction of sp³-hybridized carbons (Fsp3) is 0.750. The van der Waals surface area contributed by atoms with Crippen LogP contribution in [-0.2, 0) is 19.7 Å². The highest BCUT2D eigenvalue weighted by Gasteiger charge is 2.67. The first-order valence-corrected chi connectivity index (χ1v) is 12.3. The molecule has 1 aliphatic heterocycles. The van der Waals surface area contributed by atoms with Gasteiger partial charge in [-0.3, -0.25) is 0 Å². The summed E-state index contributed by atoms with van der Waals surface area (Å²) in [7, 11) is 0. The van der Waals surface area contributed by atoms with Gasteiger partial charge >= 0.3 is 5.97 Å². The van der Waals surface area contributed by atoms with Crippen LogP contribution in [0.2, 0.25) is 0 Å². The van der Waals surface area contributed by atoms with E-state index in [9.17, 15) is 4.79 Å². The minimum atomic E-state index is -0.385. The molecule has 0 radical (unpaired) electrons. The summed E-state index contributed by atoms with van der Waals surface area (Å²) in [5.41, 5.74) is 1.35. The van der Waals surface area contributed by atoms with E-state index in [0.717, 1.165) is 25.7 Å². The number of rotatable bonds is 4. The molecule has 3 nitrogen and oxygen atoms in total. The summed E-state index contributed by atoms with van der Waals surface area (Å²) in [5.74, 6) is 0.785. The van der Waals surface area contributed by atoms with Gasteiger partial charge in [0.15, 0.2) is 6.10 Å². The zero-order chi connectivity index (χ0) is 22.7. The van der Waals surface area contributed by atoms with Crippen LogP contribution < -0.4 is 0 Å². The zero-order valence-electron chi connectivity index (χ0n) is 20.7. The maximum atomic E-state index is 13.3. The number of hydrogen-bond donors (Lipinski definition) is 0. The van der Waals surface area contributed by atoms with Gasteiger partial charge < -0.3 is 9.47 Å². The van der Waals surface area contributed by atoms with Crippen molar-refractivity contribution in [2.75, 3.05) is 0 Å². The quantitative estimate of drug-likeness (QED) is 0.398. The topological polar surface area (TPSA) is 38.8 Å². The van der Waals surface area contributed by atoms with E-state index in [1.54, 1.807) is 0 Å². The van der Waals surface area contributed by atoms with E-state index in [-0.39, 0.29) is 40.0 Å². The van der Waals surface area contributed by atoms with Crippen LogP contribution in [-0.4, -0.2) is 23.8 Å². The number of benzene rings is 1. The van der Waals surface area contributed by atoms with Gasteiger partial charge in [0.05, 0.1) is 0 Å². The molecule has 1 heterocycles. The molecule has 2 saturated carbocycles. The van der Waals surface area contributed by atoms with Gasteiger partial charge in [-0.05, 0) is 59.8 Å². The molecule has 1 aromatic carbocycles. The van der Waals surface area contributed by atoms with E-state index in [1.165, 1.54) is 18.4 Å². The molecular weight excluding hydrogens is 384 g/mol. The van der Waals surface area contributed by atoms with Gasteiger partial charge in [0.1, 0.15) is 11.7 Å². The Morgan fingerprint density at radius 3 is 2.23 bits per heavy atom. The van der Waals surface area contributed by atoms with Gasteiger partial charge in [0, 0.05) is 5.92 Å². The highest BCUT2D eigenvalue weighted by atomic mass is 16.7. The Hall–Kier alpha value is -1.35. The third kappa shape index (κ3) is 4.58. The average Bonchev–Trinajstić information content (AvgIpc) is 3.31. The van der Waals surface area contributed by atoms with E-state index >= 15 is 0 Å². The molecule has 0 N–H and O–H groups in total. The first-order chi connectivity index (χ1) is 14.3. The summed E-state index contributed by atoms with van der Waals surface area (Å²) in [6.07, 6.45) is 5.87. The van der Waals surface area contributed by atoms with Crippen LogP contribution in [0.1, 0.15) is 92.6 Å². The van der Waals surface area contributed by atoms with Gasteiger partial charge in [0.2, 0.25) is 0 Å². The summed E-state index contributed by atoms with van der Waals surface area (Å²) in [6.45, 7) is 16.1. The molecule has 0 amide bonds. The first kappa shape index (κ1) is 22.8. The summed E-state index contributed by atoms with van der Waals surface area (Å²) in [5, 5.41) is 0. The number of ether oxygens (including phenoxy) is 2. The fourth-order valence-corrected chi connectivity index (χ4v) is 7.41. The van der Waals surface area contributed by atoms with Crippen molar-refractivity contribution in [3.05, 3.63) is 35.9 Å². The van der Waals surface area contributed by atoms with Crippen LogP contribution in [0.5, 0.6) is 0 Å². The number of hydrogen-bond acceptors (Lipinski definition) is 3. The maximum Gasteiger partial charge on any atom is 0.338 e. The Morgan fingerprint density at radius 1 is 1.00 bits per heavy atom. The van der Waals surface area contributed by atoms with E-state index in [0.29, 0.717) is 11.8 Å². The maximum absolute atomic E-state index is 13.3. The summed E-state index contributed by atoms with van der Waals surface area (Å²) in [4.78, 5) is 13.3. The van der Waals surface area contributed by atoms with Crippen molar-refractivity contribution in [2.45, 2.75) is 110 Å². The van der Waals surface area contributed by atoms with E-state index in [2.05, 4.69) is 78.8 Å². The molecule has 3 fully saturated rings. The first-order valence-electron chi connectivity index (χ1n) is 12.3. The molecule has 1 saturated heterocycles. The van der Waals surface area contributed by atoms with Crippen LogP contribution in [0.3, 0.4) is 0 Å². The summed E-state index contributed by atoms with van der Waals surface area (Å²) < 4.78 is 12.5. The molecule has 2 aliphatic carbocycles. The largest absolute Gasteiger partial charge is 0.460 e. The van der Waals surface area contributed by atoms with Crippen molar-refractivity contribution in [3.8, 4) is 0 Å². The SMILES string of the molecule is C[C@@H]1CC[C@@H](C(C)(C)c2ccccc2)[C@H](OC(=O)[C@@H]2OC23CC(C)(C)CC(C)(C)C3)C1. The van der Waals surface area contributed by atoms with Crippen LogP contribution in [0.25, 0.3) is 0 Å². The molecule has 3 heteroatoms. The Morgan fingerprint density at radius 2 is 1.61 bits per heavy atom. The second-order valence-corrected chi connectivity index (χ2v) is 13.0. The lowest BCUT2D eigenvalue weighted by Crippen LogP contribution is -2.45. The van der Waals surface area contributed by atoms with Crippen molar-refractivity contribution < 1.29 is 14.3 Å². The lowest BCUT2D eigenvalue weighted by molar-refractivity contribution is -0.158. The van der Waals surface area contributed by atoms with Crippen molar-refractivity contribution in [3.63, 3.8) is 0 Å². The highest BCUT2D eigenvalue weighted by molar-refractivity contribution is 5.79. The number of epoxide rings is 1. The molecule has 1 spiro atoms. The lowest BCUT2D eigenvalue weighted by Gasteiger charge is -2.44. The molecule has 31 heavy (non-hydrogen) atoms. The number of carbonyl (C=O) groups excluding carboxylic acids is 1. The Balaban J connectivity index is 1.50. The van der Waals surface area contributed by atoms with Crippen LogP contribution >= 0.6 is 0 Å².